The van der Waals surface area contributed by atoms with Crippen LogP contribution in [0, 0.1) is 16.7 Å². The van der Waals surface area contributed by atoms with Crippen LogP contribution in [0.5, 0.6) is 5.75 Å². The fourth-order valence-corrected chi connectivity index (χ4v) is 2.14. The lowest BCUT2D eigenvalue weighted by Crippen LogP contribution is -2.51. The maximum absolute atomic E-state index is 13.1. The second-order valence-electron chi connectivity index (χ2n) is 6.78. The summed E-state index contributed by atoms with van der Waals surface area (Å²) in [6, 6.07) is 4.21. The van der Waals surface area contributed by atoms with Crippen LogP contribution < -0.4 is 10.1 Å². The molecule has 0 saturated carbocycles. The van der Waals surface area contributed by atoms with E-state index in [4.69, 9.17) is 10.00 Å². The maximum Gasteiger partial charge on any atom is 0.417 e. The van der Waals surface area contributed by atoms with Crippen LogP contribution in [0.2, 0.25) is 0 Å². The van der Waals surface area contributed by atoms with Crippen LogP contribution in [0.25, 0.3) is 0 Å². The van der Waals surface area contributed by atoms with Crippen LogP contribution in [0.15, 0.2) is 18.2 Å². The largest absolute Gasteiger partial charge is 0.480 e. The van der Waals surface area contributed by atoms with Gasteiger partial charge >= 0.3 is 6.18 Å². The lowest BCUT2D eigenvalue weighted by Gasteiger charge is -2.32. The van der Waals surface area contributed by atoms with Gasteiger partial charge in [-0.05, 0) is 31.5 Å². The SMILES string of the molecule is CC[C@H](C)NC(=O)C(Oc1ccc(C#N)c(C(F)(F)F)c1)C(C)(C)CO. The minimum atomic E-state index is -4.73. The van der Waals surface area contributed by atoms with Crippen LogP contribution in [0.4, 0.5) is 13.2 Å². The van der Waals surface area contributed by atoms with Crippen molar-refractivity contribution < 1.29 is 27.8 Å². The van der Waals surface area contributed by atoms with E-state index in [9.17, 15) is 23.1 Å². The van der Waals surface area contributed by atoms with Gasteiger partial charge in [-0.3, -0.25) is 4.79 Å². The van der Waals surface area contributed by atoms with E-state index in [1.807, 2.05) is 6.92 Å². The Bertz CT molecular complexity index is 681. The van der Waals surface area contributed by atoms with E-state index in [2.05, 4.69) is 5.32 Å². The molecule has 0 fully saturated rings. The minimum Gasteiger partial charge on any atom is -0.480 e. The second-order valence-corrected chi connectivity index (χ2v) is 6.78. The Morgan fingerprint density at radius 2 is 2.00 bits per heavy atom. The molecular formula is C18H23F3N2O3. The highest BCUT2D eigenvalue weighted by Gasteiger charge is 2.39. The molecule has 1 rings (SSSR count). The molecule has 2 N–H and O–H groups in total. The standard InChI is InChI=1S/C18H23F3N2O3/c1-5-11(2)23-16(25)15(17(3,4)10-24)26-13-7-6-12(9-22)14(8-13)18(19,20)21/h6-8,11,15,24H,5,10H2,1-4H3,(H,23,25)/t11-,15?/m0/s1. The third-order valence-corrected chi connectivity index (χ3v) is 4.03. The molecule has 1 amide bonds. The molecule has 0 aliphatic carbocycles. The Kier molecular flexibility index (Phi) is 7.04. The molecule has 26 heavy (non-hydrogen) atoms. The molecule has 8 heteroatoms. The highest BCUT2D eigenvalue weighted by molar-refractivity contribution is 5.82. The number of nitrogens with one attached hydrogen (secondary N) is 1. The highest BCUT2D eigenvalue weighted by Crippen LogP contribution is 2.35. The molecule has 0 radical (unpaired) electrons. The Balaban J connectivity index is 3.24. The molecule has 5 nitrogen and oxygen atoms in total. The molecule has 0 aliphatic rings. The van der Waals surface area contributed by atoms with Crippen molar-refractivity contribution in [2.75, 3.05) is 6.61 Å². The zero-order chi connectivity index (χ0) is 20.1. The zero-order valence-corrected chi connectivity index (χ0v) is 15.1. The average Bonchev–Trinajstić information content (AvgIpc) is 2.58. The van der Waals surface area contributed by atoms with Crippen LogP contribution in [-0.2, 0) is 11.0 Å². The third-order valence-electron chi connectivity index (χ3n) is 4.03. The lowest BCUT2D eigenvalue weighted by molar-refractivity contribution is -0.138. The second kappa shape index (κ2) is 8.41. The summed E-state index contributed by atoms with van der Waals surface area (Å²) in [6.45, 7) is 6.39. The maximum atomic E-state index is 13.1. The summed E-state index contributed by atoms with van der Waals surface area (Å²) < 4.78 is 44.8. The minimum absolute atomic E-state index is 0.158. The first-order valence-electron chi connectivity index (χ1n) is 8.15. The Morgan fingerprint density at radius 1 is 1.38 bits per heavy atom. The summed E-state index contributed by atoms with van der Waals surface area (Å²) in [5, 5.41) is 21.1. The fourth-order valence-electron chi connectivity index (χ4n) is 2.14. The third kappa shape index (κ3) is 5.36. The van der Waals surface area contributed by atoms with Gasteiger partial charge in [-0.25, -0.2) is 0 Å². The van der Waals surface area contributed by atoms with E-state index in [-0.39, 0.29) is 11.8 Å². The number of alkyl halides is 3. The number of nitrogens with zero attached hydrogens (tertiary/aromatic N) is 1. The molecular weight excluding hydrogens is 349 g/mol. The topological polar surface area (TPSA) is 82.3 Å². The lowest BCUT2D eigenvalue weighted by atomic mass is 9.86. The number of rotatable bonds is 7. The van der Waals surface area contributed by atoms with Gasteiger partial charge in [0.1, 0.15) is 5.75 Å². The van der Waals surface area contributed by atoms with Crippen molar-refractivity contribution in [2.24, 2.45) is 5.41 Å². The van der Waals surface area contributed by atoms with Crippen molar-refractivity contribution in [2.45, 2.75) is 52.4 Å². The number of aliphatic hydroxyl groups excluding tert-OH is 1. The van der Waals surface area contributed by atoms with Crippen molar-refractivity contribution in [1.29, 1.82) is 5.26 Å². The van der Waals surface area contributed by atoms with E-state index < -0.39 is 41.3 Å². The molecule has 144 valence electrons. The monoisotopic (exact) mass is 372 g/mol. The summed E-state index contributed by atoms with van der Waals surface area (Å²) >= 11 is 0. The first-order chi connectivity index (χ1) is 12.0. The zero-order valence-electron chi connectivity index (χ0n) is 15.1. The number of carbonyl (C=O) groups is 1. The van der Waals surface area contributed by atoms with Crippen LogP contribution >= 0.6 is 0 Å². The molecule has 0 saturated heterocycles. The smallest absolute Gasteiger partial charge is 0.417 e. The molecule has 0 spiro atoms. The van der Waals surface area contributed by atoms with Gasteiger partial charge in [0.05, 0.1) is 23.8 Å². The summed E-state index contributed by atoms with van der Waals surface area (Å²) in [6.07, 6.45) is -5.28. The van der Waals surface area contributed by atoms with Crippen molar-refractivity contribution in [1.82, 2.24) is 5.32 Å². The first kappa shape index (κ1) is 21.8. The molecule has 1 aromatic rings. The number of halogens is 3. The van der Waals surface area contributed by atoms with Crippen LogP contribution in [0.3, 0.4) is 0 Å². The van der Waals surface area contributed by atoms with Gasteiger partial charge in [-0.2, -0.15) is 18.4 Å². The normalized spacial score (nSPS) is 14.3. The number of hydrogen-bond donors (Lipinski definition) is 2. The molecule has 2 atom stereocenters. The van der Waals surface area contributed by atoms with Gasteiger partial charge < -0.3 is 15.2 Å². The van der Waals surface area contributed by atoms with Crippen molar-refractivity contribution in [3.63, 3.8) is 0 Å². The van der Waals surface area contributed by atoms with Gasteiger partial charge in [-0.1, -0.05) is 20.8 Å². The van der Waals surface area contributed by atoms with E-state index in [1.54, 1.807) is 20.8 Å². The Hall–Kier alpha value is -2.27. The van der Waals surface area contributed by atoms with Gasteiger partial charge in [-0.15, -0.1) is 0 Å². The van der Waals surface area contributed by atoms with E-state index in [0.29, 0.717) is 12.5 Å². The van der Waals surface area contributed by atoms with Crippen molar-refractivity contribution >= 4 is 5.91 Å². The van der Waals surface area contributed by atoms with Crippen LogP contribution in [-0.4, -0.2) is 29.8 Å². The van der Waals surface area contributed by atoms with Gasteiger partial charge in [0.2, 0.25) is 0 Å². The predicted octanol–water partition coefficient (Wildman–Crippen LogP) is 3.26. The van der Waals surface area contributed by atoms with Crippen LogP contribution in [0.1, 0.15) is 45.2 Å². The number of benzene rings is 1. The summed E-state index contributed by atoms with van der Waals surface area (Å²) in [4.78, 5) is 12.5. The first-order valence-corrected chi connectivity index (χ1v) is 8.15. The number of amides is 1. The summed E-state index contributed by atoms with van der Waals surface area (Å²) in [5.74, 6) is -0.738. The number of carbonyl (C=O) groups excluding carboxylic acids is 1. The van der Waals surface area contributed by atoms with E-state index in [1.165, 1.54) is 12.1 Å². The van der Waals surface area contributed by atoms with Gasteiger partial charge in [0, 0.05) is 11.5 Å². The van der Waals surface area contributed by atoms with Gasteiger partial charge in [0.25, 0.3) is 5.91 Å². The molecule has 0 heterocycles. The molecule has 1 unspecified atom stereocenters. The molecule has 0 aromatic heterocycles. The quantitative estimate of drug-likeness (QED) is 0.770. The Labute approximate surface area is 150 Å². The van der Waals surface area contributed by atoms with Crippen molar-refractivity contribution in [3.8, 4) is 11.8 Å². The fraction of sp³-hybridized carbons (Fsp3) is 0.556. The summed E-state index contributed by atoms with van der Waals surface area (Å²) in [5.41, 5.74) is -2.71. The molecule has 0 aliphatic heterocycles. The number of ether oxygens (including phenoxy) is 1. The van der Waals surface area contributed by atoms with Crippen molar-refractivity contribution in [3.05, 3.63) is 29.3 Å². The number of nitriles is 1. The number of hydrogen-bond acceptors (Lipinski definition) is 4. The molecule has 0 bridgehead atoms. The van der Waals surface area contributed by atoms with E-state index >= 15 is 0 Å². The highest BCUT2D eigenvalue weighted by atomic mass is 19.4. The number of aliphatic hydroxyl groups is 1. The van der Waals surface area contributed by atoms with E-state index in [0.717, 1.165) is 6.07 Å². The molecule has 1 aromatic carbocycles. The predicted molar refractivity (Wildman–Crippen MR) is 89.3 cm³/mol. The Morgan fingerprint density at radius 3 is 2.46 bits per heavy atom. The average molecular weight is 372 g/mol. The van der Waals surface area contributed by atoms with Gasteiger partial charge in [0.15, 0.2) is 6.10 Å². The summed E-state index contributed by atoms with van der Waals surface area (Å²) in [7, 11) is 0.